The molecule has 1 aromatic carbocycles. The van der Waals surface area contributed by atoms with Crippen molar-refractivity contribution in [3.63, 3.8) is 0 Å². The molecule has 0 spiro atoms. The summed E-state index contributed by atoms with van der Waals surface area (Å²) in [6, 6.07) is 13.4. The maximum Gasteiger partial charge on any atom is 0.407 e. The Labute approximate surface area is 142 Å². The van der Waals surface area contributed by atoms with Gasteiger partial charge in [0.2, 0.25) is 0 Å². The molecular weight excluding hydrogens is 304 g/mol. The van der Waals surface area contributed by atoms with Crippen LogP contribution in [0.4, 0.5) is 4.79 Å². The molecule has 1 aromatic heterocycles. The van der Waals surface area contributed by atoms with Crippen LogP contribution in [-0.2, 0) is 11.3 Å². The topological polar surface area (TPSA) is 60.5 Å². The molecule has 5 heteroatoms. The van der Waals surface area contributed by atoms with E-state index in [1.54, 1.807) is 6.20 Å². The highest BCUT2D eigenvalue weighted by molar-refractivity contribution is 5.67. The number of ether oxygens (including phenoxy) is 2. The first-order valence-corrected chi connectivity index (χ1v) is 8.21. The minimum absolute atomic E-state index is 0.0776. The molecule has 126 valence electrons. The molecule has 1 aliphatic rings. The summed E-state index contributed by atoms with van der Waals surface area (Å²) >= 11 is 0. The Hall–Kier alpha value is -2.56. The summed E-state index contributed by atoms with van der Waals surface area (Å²) in [5.41, 5.74) is 1.86. The van der Waals surface area contributed by atoms with Crippen LogP contribution in [0.1, 0.15) is 31.0 Å². The maximum atomic E-state index is 12.0. The normalized spacial score (nSPS) is 22.2. The number of benzene rings is 1. The number of alkyl carbamates (subject to hydrolysis) is 1. The van der Waals surface area contributed by atoms with E-state index < -0.39 is 6.09 Å². The first kappa shape index (κ1) is 16.3. The lowest BCUT2D eigenvalue weighted by Crippen LogP contribution is -2.39. The van der Waals surface area contributed by atoms with Crippen molar-refractivity contribution < 1.29 is 14.3 Å². The first-order valence-electron chi connectivity index (χ1n) is 8.21. The third-order valence-electron chi connectivity index (χ3n) is 4.52. The van der Waals surface area contributed by atoms with Crippen molar-refractivity contribution in [3.8, 4) is 5.75 Å². The lowest BCUT2D eigenvalue weighted by molar-refractivity contribution is 0.108. The van der Waals surface area contributed by atoms with Crippen molar-refractivity contribution in [1.29, 1.82) is 0 Å². The van der Waals surface area contributed by atoms with Crippen LogP contribution >= 0.6 is 0 Å². The number of fused-ring (bicyclic) bond motifs is 1. The van der Waals surface area contributed by atoms with Crippen LogP contribution in [0, 0.1) is 5.92 Å². The second-order valence-electron chi connectivity index (χ2n) is 6.12. The van der Waals surface area contributed by atoms with Crippen LogP contribution in [0.25, 0.3) is 0 Å². The predicted molar refractivity (Wildman–Crippen MR) is 90.9 cm³/mol. The van der Waals surface area contributed by atoms with Gasteiger partial charge in [0.25, 0.3) is 0 Å². The SMILES string of the molecule is C[C@H]1[C@H](C)Oc2cccnc2[C@H]1CNC(=O)OCc1ccccc1. The van der Waals surface area contributed by atoms with Crippen LogP contribution < -0.4 is 10.1 Å². The van der Waals surface area contributed by atoms with E-state index in [2.05, 4.69) is 17.2 Å². The minimum atomic E-state index is -0.414. The van der Waals surface area contributed by atoms with Gasteiger partial charge >= 0.3 is 6.09 Å². The molecule has 1 amide bonds. The van der Waals surface area contributed by atoms with E-state index in [9.17, 15) is 4.79 Å². The standard InChI is InChI=1S/C19H22N2O3/c1-13-14(2)24-17-9-6-10-20-18(17)16(13)11-21-19(22)23-12-15-7-4-3-5-8-15/h3-10,13-14,16H,11-12H2,1-2H3,(H,21,22)/t13-,14-,16-/m0/s1. The monoisotopic (exact) mass is 326 g/mol. The van der Waals surface area contributed by atoms with Gasteiger partial charge in [0.1, 0.15) is 12.4 Å². The molecule has 0 radical (unpaired) electrons. The molecule has 0 aliphatic carbocycles. The molecule has 0 bridgehead atoms. The van der Waals surface area contributed by atoms with Crippen LogP contribution in [0.2, 0.25) is 0 Å². The fraction of sp³-hybridized carbons (Fsp3) is 0.368. The van der Waals surface area contributed by atoms with Gasteiger partial charge in [0.05, 0.1) is 11.8 Å². The van der Waals surface area contributed by atoms with Crippen molar-refractivity contribution in [1.82, 2.24) is 10.3 Å². The molecule has 1 aliphatic heterocycles. The first-order chi connectivity index (χ1) is 11.6. The zero-order valence-electron chi connectivity index (χ0n) is 13.9. The number of hydrogen-bond acceptors (Lipinski definition) is 4. The molecule has 0 saturated carbocycles. The number of nitrogens with zero attached hydrogens (tertiary/aromatic N) is 1. The zero-order valence-corrected chi connectivity index (χ0v) is 13.9. The number of amides is 1. The van der Waals surface area contributed by atoms with Crippen LogP contribution in [-0.4, -0.2) is 23.7 Å². The Morgan fingerprint density at radius 1 is 1.21 bits per heavy atom. The Balaban J connectivity index is 1.58. The Morgan fingerprint density at radius 2 is 2.00 bits per heavy atom. The molecule has 1 N–H and O–H groups in total. The minimum Gasteiger partial charge on any atom is -0.488 e. The van der Waals surface area contributed by atoms with E-state index in [1.807, 2.05) is 49.4 Å². The summed E-state index contributed by atoms with van der Waals surface area (Å²) in [5, 5.41) is 2.86. The van der Waals surface area contributed by atoms with E-state index in [1.165, 1.54) is 0 Å². The Kier molecular flexibility index (Phi) is 4.99. The summed E-state index contributed by atoms with van der Waals surface area (Å²) in [6.45, 7) is 4.90. The smallest absolute Gasteiger partial charge is 0.407 e. The molecule has 24 heavy (non-hydrogen) atoms. The lowest BCUT2D eigenvalue weighted by Gasteiger charge is -2.35. The Bertz CT molecular complexity index is 690. The van der Waals surface area contributed by atoms with E-state index in [0.29, 0.717) is 6.54 Å². The molecule has 2 heterocycles. The van der Waals surface area contributed by atoms with Crippen molar-refractivity contribution in [2.75, 3.05) is 6.54 Å². The zero-order chi connectivity index (χ0) is 16.9. The molecule has 0 fully saturated rings. The number of carbonyl (C=O) groups excluding carboxylic acids is 1. The third-order valence-corrected chi connectivity index (χ3v) is 4.52. The number of nitrogens with one attached hydrogen (secondary N) is 1. The lowest BCUT2D eigenvalue weighted by atomic mass is 9.84. The van der Waals surface area contributed by atoms with Gasteiger partial charge in [-0.1, -0.05) is 37.3 Å². The van der Waals surface area contributed by atoms with E-state index >= 15 is 0 Å². The molecule has 0 unspecified atom stereocenters. The second kappa shape index (κ2) is 7.34. The summed E-state index contributed by atoms with van der Waals surface area (Å²) < 4.78 is 11.1. The third kappa shape index (κ3) is 3.67. The second-order valence-corrected chi connectivity index (χ2v) is 6.12. The maximum absolute atomic E-state index is 12.0. The van der Waals surface area contributed by atoms with E-state index in [-0.39, 0.29) is 24.5 Å². The average Bonchev–Trinajstić information content (AvgIpc) is 2.61. The van der Waals surface area contributed by atoms with Gasteiger partial charge in [0, 0.05) is 24.6 Å². The van der Waals surface area contributed by atoms with Gasteiger partial charge < -0.3 is 14.8 Å². The van der Waals surface area contributed by atoms with Crippen molar-refractivity contribution in [3.05, 3.63) is 59.9 Å². The number of hydrogen-bond donors (Lipinski definition) is 1. The molecule has 3 rings (SSSR count). The van der Waals surface area contributed by atoms with Crippen LogP contribution in [0.5, 0.6) is 5.75 Å². The molecular formula is C19H22N2O3. The van der Waals surface area contributed by atoms with Crippen molar-refractivity contribution in [2.24, 2.45) is 5.92 Å². The van der Waals surface area contributed by atoms with Crippen LogP contribution in [0.15, 0.2) is 48.7 Å². The highest BCUT2D eigenvalue weighted by Gasteiger charge is 2.34. The van der Waals surface area contributed by atoms with E-state index in [4.69, 9.17) is 9.47 Å². The summed E-state index contributed by atoms with van der Waals surface area (Å²) in [7, 11) is 0. The molecule has 3 atom stereocenters. The molecule has 0 saturated heterocycles. The van der Waals surface area contributed by atoms with E-state index in [0.717, 1.165) is 17.0 Å². The Morgan fingerprint density at radius 3 is 2.79 bits per heavy atom. The predicted octanol–water partition coefficient (Wildman–Crippen LogP) is 3.51. The number of aromatic nitrogens is 1. The van der Waals surface area contributed by atoms with Gasteiger partial charge in [0.15, 0.2) is 0 Å². The fourth-order valence-corrected chi connectivity index (χ4v) is 2.91. The average molecular weight is 326 g/mol. The van der Waals surface area contributed by atoms with Gasteiger partial charge in [-0.3, -0.25) is 4.98 Å². The largest absolute Gasteiger partial charge is 0.488 e. The fourth-order valence-electron chi connectivity index (χ4n) is 2.91. The number of rotatable bonds is 4. The van der Waals surface area contributed by atoms with Gasteiger partial charge in [-0.15, -0.1) is 0 Å². The van der Waals surface area contributed by atoms with Gasteiger partial charge in [-0.25, -0.2) is 4.79 Å². The van der Waals surface area contributed by atoms with Crippen molar-refractivity contribution >= 4 is 6.09 Å². The number of carbonyl (C=O) groups is 1. The van der Waals surface area contributed by atoms with Crippen molar-refractivity contribution in [2.45, 2.75) is 32.5 Å². The summed E-state index contributed by atoms with van der Waals surface area (Å²) in [4.78, 5) is 16.4. The van der Waals surface area contributed by atoms with Gasteiger partial charge in [-0.2, -0.15) is 0 Å². The molecule has 2 aromatic rings. The highest BCUT2D eigenvalue weighted by atomic mass is 16.5. The highest BCUT2D eigenvalue weighted by Crippen LogP contribution is 2.37. The summed E-state index contributed by atoms with van der Waals surface area (Å²) in [5.74, 6) is 1.16. The molecule has 5 nitrogen and oxygen atoms in total. The quantitative estimate of drug-likeness (QED) is 0.934. The number of pyridine rings is 1. The summed E-state index contributed by atoms with van der Waals surface area (Å²) in [6.07, 6.45) is 1.42. The van der Waals surface area contributed by atoms with Crippen LogP contribution in [0.3, 0.4) is 0 Å². The van der Waals surface area contributed by atoms with Gasteiger partial charge in [-0.05, 0) is 24.6 Å².